The van der Waals surface area contributed by atoms with E-state index in [1.54, 1.807) is 30.5 Å². The van der Waals surface area contributed by atoms with E-state index in [1.165, 1.54) is 0 Å². The number of fused-ring (bicyclic) bond motifs is 1. The van der Waals surface area contributed by atoms with Crippen LogP contribution in [0.2, 0.25) is 0 Å². The molecule has 1 aromatic heterocycles. The summed E-state index contributed by atoms with van der Waals surface area (Å²) in [7, 11) is 3.63. The van der Waals surface area contributed by atoms with Crippen molar-refractivity contribution in [2.24, 2.45) is 23.5 Å². The van der Waals surface area contributed by atoms with Crippen molar-refractivity contribution in [1.82, 2.24) is 24.8 Å². The van der Waals surface area contributed by atoms with Crippen LogP contribution in [0.5, 0.6) is 0 Å². The summed E-state index contributed by atoms with van der Waals surface area (Å²) < 4.78 is 33.3. The van der Waals surface area contributed by atoms with Gasteiger partial charge in [-0.15, -0.1) is 5.10 Å². The number of esters is 1. The minimum absolute atomic E-state index is 0.0197. The van der Waals surface area contributed by atoms with Crippen LogP contribution in [-0.4, -0.2) is 140 Å². The van der Waals surface area contributed by atoms with E-state index in [9.17, 15) is 19.8 Å². The molecule has 326 valence electrons. The molecule has 2 aromatic rings. The number of aromatic nitrogens is 3. The summed E-state index contributed by atoms with van der Waals surface area (Å²) in [6, 6.07) is 6.23. The number of aliphatic hydroxyl groups excluding tert-OH is 2. The Hall–Kier alpha value is -3.38. The molecule has 3 fully saturated rings. The van der Waals surface area contributed by atoms with E-state index in [-0.39, 0.29) is 18.1 Å². The van der Waals surface area contributed by atoms with E-state index in [2.05, 4.69) is 29.1 Å². The summed E-state index contributed by atoms with van der Waals surface area (Å²) >= 11 is 0. The third kappa shape index (κ3) is 9.80. The Morgan fingerprint density at radius 3 is 2.43 bits per heavy atom. The number of aryl methyl sites for hydroxylation is 1. The minimum Gasteiger partial charge on any atom is -0.458 e. The highest BCUT2D eigenvalue weighted by atomic mass is 16.7. The van der Waals surface area contributed by atoms with Gasteiger partial charge in [-0.2, -0.15) is 0 Å². The number of nitrogens with two attached hydrogens (primary N) is 2. The number of hydrogen-bond acceptors (Lipinski definition) is 14. The van der Waals surface area contributed by atoms with E-state index >= 15 is 0 Å². The normalized spacial score (nSPS) is 38.4. The molecule has 3 saturated heterocycles. The minimum atomic E-state index is -1.24. The molecule has 58 heavy (non-hydrogen) atoms. The Morgan fingerprint density at radius 1 is 1.05 bits per heavy atom. The van der Waals surface area contributed by atoms with Crippen molar-refractivity contribution in [3.8, 4) is 11.3 Å². The first-order valence-corrected chi connectivity index (χ1v) is 21.0. The Balaban J connectivity index is 1.40. The molecule has 0 saturated carbocycles. The monoisotopic (exact) mass is 816 g/mol. The number of methoxy groups -OCH3 is 1. The van der Waals surface area contributed by atoms with Crippen LogP contribution in [0, 0.1) is 17.8 Å². The molecule has 4 unspecified atom stereocenters. The Morgan fingerprint density at radius 2 is 1.76 bits per heavy atom. The van der Waals surface area contributed by atoms with Gasteiger partial charge >= 0.3 is 12.1 Å². The summed E-state index contributed by atoms with van der Waals surface area (Å²) in [5.41, 5.74) is 12.3. The molecule has 14 atom stereocenters. The Labute approximate surface area is 343 Å². The first-order chi connectivity index (χ1) is 27.3. The van der Waals surface area contributed by atoms with Crippen LogP contribution in [-0.2, 0) is 35.0 Å². The summed E-state index contributed by atoms with van der Waals surface area (Å²) in [4.78, 5) is 32.0. The molecule has 0 bridgehead atoms. The van der Waals surface area contributed by atoms with Crippen molar-refractivity contribution in [2.75, 3.05) is 33.0 Å². The van der Waals surface area contributed by atoms with Crippen molar-refractivity contribution < 1.29 is 43.5 Å². The number of nitrogen functional groups attached to an aromatic ring is 1. The van der Waals surface area contributed by atoms with Gasteiger partial charge in [0.15, 0.2) is 11.9 Å². The van der Waals surface area contributed by atoms with Crippen LogP contribution in [0.3, 0.4) is 0 Å². The highest BCUT2D eigenvalue weighted by molar-refractivity contribution is 5.74. The summed E-state index contributed by atoms with van der Waals surface area (Å²) in [6.07, 6.45) is -1.16. The number of amides is 1. The predicted molar refractivity (Wildman–Crippen MR) is 218 cm³/mol. The molecule has 1 aromatic carbocycles. The first kappa shape index (κ1) is 45.7. The van der Waals surface area contributed by atoms with E-state index in [0.717, 1.165) is 17.7 Å². The number of cyclic esters (lactones) is 1. The molecule has 16 nitrogen and oxygen atoms in total. The van der Waals surface area contributed by atoms with Crippen LogP contribution in [0.4, 0.5) is 10.5 Å². The van der Waals surface area contributed by atoms with Gasteiger partial charge in [-0.05, 0) is 91.8 Å². The topological polar surface area (TPSA) is 210 Å². The third-order valence-corrected chi connectivity index (χ3v) is 12.9. The number of hydrogen-bond donors (Lipinski definition) is 4. The number of likely N-dealkylation sites (N-methyl/N-ethyl adjacent to an activating group) is 1. The average Bonchev–Trinajstić information content (AvgIpc) is 3.75. The number of aliphatic hydroxyl groups is 2. The van der Waals surface area contributed by atoms with Crippen molar-refractivity contribution in [1.29, 1.82) is 0 Å². The molecule has 16 heteroatoms. The zero-order valence-electron chi connectivity index (χ0n) is 36.1. The van der Waals surface area contributed by atoms with Crippen LogP contribution >= 0.6 is 0 Å². The lowest BCUT2D eigenvalue weighted by Gasteiger charge is -2.47. The molecule has 0 spiro atoms. The van der Waals surface area contributed by atoms with Gasteiger partial charge in [-0.3, -0.25) is 14.4 Å². The number of carbonyl (C=O) groups excluding carboxylic acids is 2. The van der Waals surface area contributed by atoms with Crippen molar-refractivity contribution in [3.05, 3.63) is 30.5 Å². The molecule has 0 aliphatic carbocycles. The maximum Gasteiger partial charge on any atom is 0.410 e. The number of nitrogens with zero attached hydrogens (tertiary/aromatic N) is 5. The molecule has 3 aliphatic heterocycles. The summed E-state index contributed by atoms with van der Waals surface area (Å²) in [5.74, 6) is -2.29. The summed E-state index contributed by atoms with van der Waals surface area (Å²) in [6.45, 7) is 16.8. The van der Waals surface area contributed by atoms with E-state index in [0.29, 0.717) is 51.0 Å². The van der Waals surface area contributed by atoms with E-state index < -0.39 is 77.9 Å². The highest BCUT2D eigenvalue weighted by Crippen LogP contribution is 2.41. The smallest absolute Gasteiger partial charge is 0.410 e. The number of anilines is 1. The largest absolute Gasteiger partial charge is 0.458 e. The Bertz CT molecular complexity index is 1680. The standard InChI is InChI=1S/C42H69N7O9/c1-11-33-42(8)36(49(40(53)58-42)18-13-12-17-48-23-32(45-46-48)29-15-14-16-30(43)20-29)28(6)47(9)22-24(2)21-41(7,54-10)37(26(4)34(50)27(5)38(52)56-33)57-39-35(51)31(44)19-25(3)55-39/h14-16,20,23-28,31,33-37,39,50-51H,11-13,17-19,21-22,43-44H2,1-10H3/t24-,25?,26+,27-,28-,31?,33-,34?,35?,36-,37-,39+,41-,42-/m1/s1. The molecule has 6 N–H and O–H groups in total. The quantitative estimate of drug-likeness (QED) is 0.153. The van der Waals surface area contributed by atoms with Gasteiger partial charge in [0.05, 0.1) is 42.1 Å². The molecule has 1 amide bonds. The van der Waals surface area contributed by atoms with Crippen LogP contribution < -0.4 is 11.5 Å². The van der Waals surface area contributed by atoms with E-state index in [1.807, 2.05) is 65.2 Å². The average molecular weight is 816 g/mol. The van der Waals surface area contributed by atoms with Gasteiger partial charge in [0, 0.05) is 56.0 Å². The molecular formula is C42H69N7O9. The van der Waals surface area contributed by atoms with Gasteiger partial charge in [-0.25, -0.2) is 4.79 Å². The molecular weight excluding hydrogens is 747 g/mol. The lowest BCUT2D eigenvalue weighted by atomic mass is 9.77. The third-order valence-electron chi connectivity index (χ3n) is 12.9. The molecule has 3 aliphatic rings. The number of rotatable bonds is 10. The zero-order chi connectivity index (χ0) is 42.7. The fraction of sp³-hybridized carbons (Fsp3) is 0.762. The van der Waals surface area contributed by atoms with Crippen LogP contribution in [0.25, 0.3) is 11.3 Å². The number of benzene rings is 1. The number of carbonyl (C=O) groups is 2. The van der Waals surface area contributed by atoms with Crippen molar-refractivity contribution >= 4 is 17.7 Å². The van der Waals surface area contributed by atoms with E-state index in [4.69, 9.17) is 35.2 Å². The van der Waals surface area contributed by atoms with Gasteiger partial charge < -0.3 is 50.3 Å². The maximum atomic E-state index is 14.1. The second-order valence-electron chi connectivity index (χ2n) is 17.6. The zero-order valence-corrected chi connectivity index (χ0v) is 36.1. The van der Waals surface area contributed by atoms with Gasteiger partial charge in [0.25, 0.3) is 0 Å². The van der Waals surface area contributed by atoms with Crippen molar-refractivity contribution in [2.45, 2.75) is 160 Å². The van der Waals surface area contributed by atoms with Crippen LogP contribution in [0.15, 0.2) is 30.5 Å². The predicted octanol–water partition coefficient (Wildman–Crippen LogP) is 3.82. The molecule has 4 heterocycles. The fourth-order valence-corrected chi connectivity index (χ4v) is 9.52. The SMILES string of the molecule is CC[C@H]1OC(=O)[C@H](C)C(O)[C@H](C)[C@@H](O[C@@H]2OC(C)CC(N)C2O)[C@](C)(OC)C[C@@H](C)CN(C)[C@H](C)[C@H]2N(CCCCn3cc(-c4cccc(N)c4)nn3)C(=O)O[C@]12C. The number of ether oxygens (including phenoxy) is 5. The highest BCUT2D eigenvalue weighted by Gasteiger charge is 2.59. The van der Waals surface area contributed by atoms with Gasteiger partial charge in [0.2, 0.25) is 0 Å². The second-order valence-corrected chi connectivity index (χ2v) is 17.6. The number of unbranched alkanes of at least 4 members (excludes halogenated alkanes) is 1. The maximum absolute atomic E-state index is 14.1. The lowest BCUT2D eigenvalue weighted by molar-refractivity contribution is -0.295. The first-order valence-electron chi connectivity index (χ1n) is 21.0. The Kier molecular flexibility index (Phi) is 14.9. The molecule has 5 rings (SSSR count). The van der Waals surface area contributed by atoms with Gasteiger partial charge in [0.1, 0.15) is 17.9 Å². The fourth-order valence-electron chi connectivity index (χ4n) is 9.52. The second kappa shape index (κ2) is 18.9. The molecule has 0 radical (unpaired) electrons. The van der Waals surface area contributed by atoms with Crippen LogP contribution in [0.1, 0.15) is 87.5 Å². The van der Waals surface area contributed by atoms with Crippen molar-refractivity contribution in [3.63, 3.8) is 0 Å². The van der Waals surface area contributed by atoms with Gasteiger partial charge in [-0.1, -0.05) is 38.1 Å². The lowest BCUT2D eigenvalue weighted by Crippen LogP contribution is -2.61. The summed E-state index contributed by atoms with van der Waals surface area (Å²) in [5, 5.41) is 31.6.